The molecule has 0 aromatic carbocycles. The molecule has 1 saturated carbocycles. The molecule has 2 unspecified atom stereocenters. The second kappa shape index (κ2) is 8.10. The van der Waals surface area contributed by atoms with E-state index < -0.39 is 39.4 Å². The molecule has 1 spiro atoms. The zero-order valence-electron chi connectivity index (χ0n) is 18.5. The van der Waals surface area contributed by atoms with Gasteiger partial charge in [0.25, 0.3) is 0 Å². The van der Waals surface area contributed by atoms with Crippen LogP contribution in [0.1, 0.15) is 58.8 Å². The van der Waals surface area contributed by atoms with E-state index in [-0.39, 0.29) is 24.5 Å². The molecule has 3 aliphatic heterocycles. The maximum Gasteiger partial charge on any atom is 0.308 e. The van der Waals surface area contributed by atoms with Crippen LogP contribution in [0.4, 0.5) is 0 Å². The Morgan fingerprint density at radius 1 is 1.32 bits per heavy atom. The Labute approximate surface area is 188 Å². The van der Waals surface area contributed by atoms with Crippen LogP contribution < -0.4 is 0 Å². The van der Waals surface area contributed by atoms with E-state index in [0.29, 0.717) is 19.4 Å². The van der Waals surface area contributed by atoms with Gasteiger partial charge in [0.2, 0.25) is 11.8 Å². The standard InChI is InChI=1S/C23H34N2O5S/c1-4-12-24(15-8-6-5-7-9-15)20(28)18-23-11-10-22(3,31-23)17(21(29)30)16(23)19(27)25(18)14(2)13-26/h4,14-18,26H,1,5-13H2,2-3H3,(H,29,30)/t14-,16+,17+,18?,22-,23?/m1/s1. The maximum atomic E-state index is 14.2. The van der Waals surface area contributed by atoms with Crippen molar-refractivity contribution in [1.29, 1.82) is 0 Å². The summed E-state index contributed by atoms with van der Waals surface area (Å²) in [5.41, 5.74) is 0. The second-order valence-electron chi connectivity index (χ2n) is 9.91. The van der Waals surface area contributed by atoms with Crippen LogP contribution in [0.25, 0.3) is 0 Å². The Morgan fingerprint density at radius 2 is 2.00 bits per heavy atom. The molecule has 2 amide bonds. The van der Waals surface area contributed by atoms with E-state index in [2.05, 4.69) is 6.58 Å². The molecule has 6 atom stereocenters. The van der Waals surface area contributed by atoms with Gasteiger partial charge in [0, 0.05) is 17.3 Å². The summed E-state index contributed by atoms with van der Waals surface area (Å²) in [5.74, 6) is -2.90. The SMILES string of the molecule is C=CCN(C(=O)C1N([C@H](C)CO)C(=O)[C@@H]2[C@@H](C(=O)O)[C@@]3(C)CCC12S3)C1CCCCC1. The van der Waals surface area contributed by atoms with Gasteiger partial charge in [-0.1, -0.05) is 25.3 Å². The number of carbonyl (C=O) groups is 3. The average Bonchev–Trinajstić information content (AvgIpc) is 3.32. The van der Waals surface area contributed by atoms with Crippen LogP contribution in [0, 0.1) is 11.8 Å². The van der Waals surface area contributed by atoms with Crippen molar-refractivity contribution >= 4 is 29.5 Å². The number of aliphatic hydroxyl groups excluding tert-OH is 1. The number of amides is 2. The summed E-state index contributed by atoms with van der Waals surface area (Å²) in [6, 6.07) is -1.17. The number of hydrogen-bond acceptors (Lipinski definition) is 5. The Kier molecular flexibility index (Phi) is 5.92. The van der Waals surface area contributed by atoms with E-state index >= 15 is 0 Å². The lowest BCUT2D eigenvalue weighted by Gasteiger charge is -2.42. The first-order valence-corrected chi connectivity index (χ1v) is 12.3. The lowest BCUT2D eigenvalue weighted by atomic mass is 9.66. The molecule has 4 fully saturated rings. The van der Waals surface area contributed by atoms with Crippen molar-refractivity contribution in [1.82, 2.24) is 9.80 Å². The minimum atomic E-state index is -0.963. The molecule has 2 bridgehead atoms. The molecule has 7 nitrogen and oxygen atoms in total. The maximum absolute atomic E-state index is 14.2. The van der Waals surface area contributed by atoms with Gasteiger partial charge < -0.3 is 20.0 Å². The molecule has 3 heterocycles. The molecular formula is C23H34N2O5S. The fraction of sp³-hybridized carbons (Fsp3) is 0.783. The van der Waals surface area contributed by atoms with Crippen molar-refractivity contribution in [3.8, 4) is 0 Å². The van der Waals surface area contributed by atoms with Crippen molar-refractivity contribution in [2.75, 3.05) is 13.2 Å². The number of aliphatic carboxylic acids is 1. The first kappa shape index (κ1) is 22.6. The largest absolute Gasteiger partial charge is 0.481 e. The number of rotatable bonds is 7. The summed E-state index contributed by atoms with van der Waals surface area (Å²) in [6.07, 6.45) is 8.26. The van der Waals surface area contributed by atoms with E-state index in [4.69, 9.17) is 0 Å². The van der Waals surface area contributed by atoms with Gasteiger partial charge in [-0.05, 0) is 39.5 Å². The zero-order valence-corrected chi connectivity index (χ0v) is 19.3. The molecular weight excluding hydrogens is 416 g/mol. The lowest BCUT2D eigenvalue weighted by molar-refractivity contribution is -0.151. The summed E-state index contributed by atoms with van der Waals surface area (Å²) in [7, 11) is 0. The number of carbonyl (C=O) groups excluding carboxylic acids is 2. The normalized spacial score (nSPS) is 38.2. The molecule has 4 aliphatic rings. The smallest absolute Gasteiger partial charge is 0.308 e. The minimum absolute atomic E-state index is 0.106. The third-order valence-electron chi connectivity index (χ3n) is 8.08. The van der Waals surface area contributed by atoms with E-state index in [1.165, 1.54) is 11.3 Å². The molecule has 31 heavy (non-hydrogen) atoms. The Balaban J connectivity index is 1.78. The lowest BCUT2D eigenvalue weighted by Crippen LogP contribution is -2.58. The van der Waals surface area contributed by atoms with Crippen LogP contribution in [0.3, 0.4) is 0 Å². The third kappa shape index (κ3) is 3.24. The highest BCUT2D eigenvalue weighted by atomic mass is 32.2. The van der Waals surface area contributed by atoms with Gasteiger partial charge >= 0.3 is 5.97 Å². The van der Waals surface area contributed by atoms with E-state index in [9.17, 15) is 24.6 Å². The summed E-state index contributed by atoms with van der Waals surface area (Å²) in [5, 5.41) is 19.9. The third-order valence-corrected chi connectivity index (χ3v) is 10.1. The molecule has 2 N–H and O–H groups in total. The van der Waals surface area contributed by atoms with Crippen LogP contribution in [-0.2, 0) is 14.4 Å². The second-order valence-corrected chi connectivity index (χ2v) is 11.8. The van der Waals surface area contributed by atoms with Gasteiger partial charge in [0.15, 0.2) is 0 Å². The molecule has 4 rings (SSSR count). The number of carboxylic acid groups (broad SMARTS) is 1. The molecule has 0 aromatic heterocycles. The molecule has 0 radical (unpaired) electrons. The number of nitrogens with zero attached hydrogens (tertiary/aromatic N) is 2. The van der Waals surface area contributed by atoms with Crippen molar-refractivity contribution in [3.63, 3.8) is 0 Å². The Bertz CT molecular complexity index is 784. The molecule has 1 aliphatic carbocycles. The monoisotopic (exact) mass is 450 g/mol. The fourth-order valence-electron chi connectivity index (χ4n) is 6.69. The minimum Gasteiger partial charge on any atom is -0.481 e. The average molecular weight is 451 g/mol. The zero-order chi connectivity index (χ0) is 22.6. The summed E-state index contributed by atoms with van der Waals surface area (Å²) >= 11 is 1.54. The summed E-state index contributed by atoms with van der Waals surface area (Å²) in [4.78, 5) is 43.5. The predicted octanol–water partition coefficient (Wildman–Crippen LogP) is 2.28. The Morgan fingerprint density at radius 3 is 2.58 bits per heavy atom. The van der Waals surface area contributed by atoms with E-state index in [1.807, 2.05) is 11.8 Å². The Hall–Kier alpha value is -1.54. The number of hydrogen-bond donors (Lipinski definition) is 2. The highest BCUT2D eigenvalue weighted by molar-refractivity contribution is 8.02. The van der Waals surface area contributed by atoms with Gasteiger partial charge in [0.05, 0.1) is 29.2 Å². The van der Waals surface area contributed by atoms with Crippen molar-refractivity contribution in [2.45, 2.75) is 86.4 Å². The number of thioether (sulfide) groups is 1. The van der Waals surface area contributed by atoms with Gasteiger partial charge in [-0.2, -0.15) is 0 Å². The highest BCUT2D eigenvalue weighted by Gasteiger charge is 2.77. The quantitative estimate of drug-likeness (QED) is 0.578. The molecule has 8 heteroatoms. The summed E-state index contributed by atoms with van der Waals surface area (Å²) < 4.78 is -1.29. The van der Waals surface area contributed by atoms with E-state index in [0.717, 1.165) is 25.7 Å². The van der Waals surface area contributed by atoms with Crippen LogP contribution in [0.2, 0.25) is 0 Å². The van der Waals surface area contributed by atoms with Crippen molar-refractivity contribution < 1.29 is 24.6 Å². The van der Waals surface area contributed by atoms with Crippen molar-refractivity contribution in [3.05, 3.63) is 12.7 Å². The first-order valence-electron chi connectivity index (χ1n) is 11.5. The number of likely N-dealkylation sites (tertiary alicyclic amines) is 1. The number of carboxylic acids is 1. The van der Waals surface area contributed by atoms with Gasteiger partial charge in [-0.15, -0.1) is 18.3 Å². The number of fused-ring (bicyclic) bond motifs is 1. The summed E-state index contributed by atoms with van der Waals surface area (Å²) in [6.45, 7) is 7.68. The fourth-order valence-corrected chi connectivity index (χ4v) is 9.02. The number of aliphatic hydroxyl groups is 1. The topological polar surface area (TPSA) is 98.2 Å². The van der Waals surface area contributed by atoms with Crippen LogP contribution in [0.15, 0.2) is 12.7 Å². The van der Waals surface area contributed by atoms with Gasteiger partial charge in [0.1, 0.15) is 6.04 Å². The van der Waals surface area contributed by atoms with E-state index in [1.54, 1.807) is 24.8 Å². The molecule has 0 aromatic rings. The van der Waals surface area contributed by atoms with Crippen LogP contribution in [0.5, 0.6) is 0 Å². The molecule has 3 saturated heterocycles. The van der Waals surface area contributed by atoms with Crippen LogP contribution >= 0.6 is 11.8 Å². The van der Waals surface area contributed by atoms with Crippen molar-refractivity contribution in [2.24, 2.45) is 11.8 Å². The molecule has 172 valence electrons. The predicted molar refractivity (Wildman–Crippen MR) is 119 cm³/mol. The van der Waals surface area contributed by atoms with Gasteiger partial charge in [-0.3, -0.25) is 14.4 Å². The highest BCUT2D eigenvalue weighted by Crippen LogP contribution is 2.71. The van der Waals surface area contributed by atoms with Crippen LogP contribution in [-0.4, -0.2) is 78.6 Å². The first-order chi connectivity index (χ1) is 14.7. The van der Waals surface area contributed by atoms with Gasteiger partial charge in [-0.25, -0.2) is 0 Å².